The lowest BCUT2D eigenvalue weighted by Crippen LogP contribution is -2.65. The minimum absolute atomic E-state index is 0.0289. The molecule has 9 heterocycles. The molecule has 754 valence electrons. The summed E-state index contributed by atoms with van der Waals surface area (Å²) in [4.78, 5) is 139. The highest BCUT2D eigenvalue weighted by atomic mass is 35.5. The van der Waals surface area contributed by atoms with Crippen molar-refractivity contribution in [2.75, 3.05) is 19.8 Å². The molecule has 7 aromatic carbocycles. The van der Waals surface area contributed by atoms with Gasteiger partial charge in [-0.3, -0.25) is 38.4 Å². The van der Waals surface area contributed by atoms with E-state index in [0.717, 1.165) is 130 Å². The molecule has 0 aliphatic carbocycles. The number of phenolic OH excluding ortho intramolecular Hbond substituents is 4. The molecule has 9 aliphatic rings. The summed E-state index contributed by atoms with van der Waals surface area (Å²) in [6.45, 7) is 0.0245. The molecule has 7 aromatic rings. The number of benzene rings is 7. The average Bonchev–Trinajstić information content (AvgIpc) is 0.758. The Kier molecular flexibility index (Phi) is 34.2. The molecule has 0 saturated carbocycles. The molecule has 0 spiro atoms. The standard InChI is InChI=1S/C96H113Cl2N9O33/c1-3-4-5-6-7-8-9-10-11-12-13-14-15-16-17-18-68(116)102-76-82(121)79(118)66(40-109)137-95(76)140-86-63-34-48-35-64(86)134-60-26-22-46(32-55(60)98)85(139-94-75(100-42(2)111)81(120)78(117)65(39-108)136-94)77-92(129)106-74(93(130)131)53-37-50(113)38-62(135-96-84(123)83(122)80(119)67(41-110)138-96)69(53)52-31-45(21-23-57(52)114)71(89(126)107-77)104-91(128)73(48)105-90(127)72-47-29-49(112)36-51(30-47)132-61-33-44(20-24-58(61)115)70(99)88(125)101-56(87(124)103-72)28-43-19-25-59(133-63)54(97)27-43/h19-27,29-38,56,65-67,70-85,94-96,108-110,112-115,117-123H,3-18,28,39-41,99H2,1-2H3,(H,100,111)(H,101,125)(H,102,116)(H,103,124)(H,104,128)(H,105,127)(H,106,129)(H,107,126)(H,130,131)/t56-,65?,66?,67?,70-,71-,72+,73-,74+,75+,76?,77+,78-,79-,80-,81?,82-,83-,84?,85-,94+,95+,96+/m1/s1. The number of carboxylic acid groups (broad SMARTS) is 1. The van der Waals surface area contributed by atoms with Crippen LogP contribution in [0.3, 0.4) is 0 Å². The van der Waals surface area contributed by atoms with Gasteiger partial charge in [0.2, 0.25) is 65.6 Å². The van der Waals surface area contributed by atoms with E-state index in [1.807, 2.05) is 0 Å². The molecule has 0 radical (unpaired) electrons. The number of hydrogen-bond donors (Lipinski definition) is 24. The van der Waals surface area contributed by atoms with Gasteiger partial charge in [0, 0.05) is 48.6 Å². The minimum atomic E-state index is -2.59. The molecule has 16 rings (SSSR count). The third kappa shape index (κ3) is 23.9. The van der Waals surface area contributed by atoms with Crippen molar-refractivity contribution in [1.29, 1.82) is 0 Å². The number of aliphatic hydroxyl groups excluding tert-OH is 10. The largest absolute Gasteiger partial charge is 0.508 e. The number of rotatable bonds is 28. The molecule has 6 unspecified atom stereocenters. The quantitative estimate of drug-likeness (QED) is 0.0304. The van der Waals surface area contributed by atoms with E-state index in [1.54, 1.807) is 0 Å². The molecule has 25 N–H and O–H groups in total. The van der Waals surface area contributed by atoms with Crippen LogP contribution in [0.5, 0.6) is 69.0 Å². The second-order valence-corrected chi connectivity index (χ2v) is 36.3. The van der Waals surface area contributed by atoms with Crippen LogP contribution in [-0.2, 0) is 68.5 Å². The van der Waals surface area contributed by atoms with Crippen molar-refractivity contribution in [2.45, 2.75) is 263 Å². The van der Waals surface area contributed by atoms with Gasteiger partial charge in [-0.05, 0) is 119 Å². The first-order valence-electron chi connectivity index (χ1n) is 46.1. The topological polar surface area (TPSA) is 662 Å². The van der Waals surface area contributed by atoms with Gasteiger partial charge in [-0.1, -0.05) is 144 Å². The second kappa shape index (κ2) is 46.1. The number of carbonyl (C=O) groups excluding carboxylic acids is 8. The highest BCUT2D eigenvalue weighted by Gasteiger charge is 2.52. The average molecular weight is 1990 g/mol. The molecular formula is C96H113Cl2N9O33. The highest BCUT2D eigenvalue weighted by molar-refractivity contribution is 6.32. The van der Waals surface area contributed by atoms with Crippen LogP contribution in [-0.4, -0.2) is 254 Å². The first-order chi connectivity index (χ1) is 67.0. The molecule has 140 heavy (non-hydrogen) atoms. The van der Waals surface area contributed by atoms with Crippen LogP contribution in [0, 0.1) is 0 Å². The van der Waals surface area contributed by atoms with Crippen molar-refractivity contribution >= 4 is 76.4 Å². The molecule has 17 bridgehead atoms. The first kappa shape index (κ1) is 104. The number of carboxylic acids is 1. The monoisotopic (exact) mass is 1990 g/mol. The SMILES string of the molecule is CCCCCCCCCCCCCCCCCC(=O)NC1[C@H](Oc2c3cc4cc2Oc2ccc(cc2Cl)[C@@H](O[C@@H]2OC(CO)[C@@H](O)C(O)[C@@H]2NC(C)=O)[C@@H]2NC(=O)[C@H](NC(=O)[C@@H]4NC(=O)[C@H]4NC(=O)[C@@H](Cc5ccc(c(Cl)c5)O3)NC(=O)[C@H](N)c3ccc(O)c(c3)Oc3cc(O)cc4c3)c3ccc(O)c(c3)-c3c(O[C@H]4OC(CO)[C@@H](O)[C@@H](O)C4O)cc(O)cc3[C@@H](C(=O)O)NC2=O)OC(CO)[C@@H](O)[C@@H]1O. The molecule has 0 aromatic heterocycles. The minimum Gasteiger partial charge on any atom is -0.508 e. The van der Waals surface area contributed by atoms with E-state index in [0.29, 0.717) is 12.8 Å². The van der Waals surface area contributed by atoms with Crippen LogP contribution in [0.1, 0.15) is 192 Å². The molecule has 9 aliphatic heterocycles. The first-order valence-corrected chi connectivity index (χ1v) is 46.9. The van der Waals surface area contributed by atoms with E-state index in [-0.39, 0.29) is 45.4 Å². The number of carbonyl (C=O) groups is 9. The zero-order valence-corrected chi connectivity index (χ0v) is 77.3. The van der Waals surface area contributed by atoms with Crippen LogP contribution in [0.4, 0.5) is 0 Å². The number of hydrogen-bond acceptors (Lipinski definition) is 33. The van der Waals surface area contributed by atoms with E-state index >= 15 is 24.0 Å². The van der Waals surface area contributed by atoms with Crippen molar-refractivity contribution in [1.82, 2.24) is 42.5 Å². The third-order valence-corrected chi connectivity index (χ3v) is 26.0. The zero-order chi connectivity index (χ0) is 100. The summed E-state index contributed by atoms with van der Waals surface area (Å²) in [5.41, 5.74) is 2.84. The van der Waals surface area contributed by atoms with Gasteiger partial charge in [0.15, 0.2) is 35.3 Å². The number of aromatic hydroxyl groups is 4. The third-order valence-electron chi connectivity index (χ3n) is 25.5. The summed E-state index contributed by atoms with van der Waals surface area (Å²) >= 11 is 14.8. The van der Waals surface area contributed by atoms with Gasteiger partial charge in [0.1, 0.15) is 156 Å². The molecule has 8 amide bonds. The molecule has 23 atom stereocenters. The van der Waals surface area contributed by atoms with Crippen molar-refractivity contribution in [2.24, 2.45) is 5.73 Å². The maximum atomic E-state index is 17.1. The fourth-order valence-electron chi connectivity index (χ4n) is 17.9. The predicted octanol–water partition coefficient (Wildman–Crippen LogP) is 4.28. The molecule has 42 nitrogen and oxygen atoms in total. The number of nitrogens with one attached hydrogen (secondary N) is 8. The number of phenols is 4. The van der Waals surface area contributed by atoms with Gasteiger partial charge in [-0.15, -0.1) is 0 Å². The number of unbranched alkanes of at least 4 members (excludes halogenated alkanes) is 14. The Labute approximate surface area is 810 Å². The Balaban J connectivity index is 0.979. The Bertz CT molecular complexity index is 5710. The van der Waals surface area contributed by atoms with Crippen molar-refractivity contribution in [3.63, 3.8) is 0 Å². The van der Waals surface area contributed by atoms with Crippen LogP contribution in [0.25, 0.3) is 11.1 Å². The number of amides is 8. The lowest BCUT2D eigenvalue weighted by molar-refractivity contribution is -0.284. The highest BCUT2D eigenvalue weighted by Crippen LogP contribution is 2.51. The predicted molar refractivity (Wildman–Crippen MR) is 490 cm³/mol. The molecule has 3 saturated heterocycles. The fourth-order valence-corrected chi connectivity index (χ4v) is 18.4. The number of nitrogens with two attached hydrogens (primary N) is 1. The van der Waals surface area contributed by atoms with Crippen LogP contribution >= 0.6 is 23.2 Å². The van der Waals surface area contributed by atoms with E-state index < -0.39 is 310 Å². The second-order valence-electron chi connectivity index (χ2n) is 35.5. The fraction of sp³-hybridized carbons (Fsp3) is 0.469. The van der Waals surface area contributed by atoms with Crippen LogP contribution < -0.4 is 72.0 Å². The number of aliphatic carboxylic acids is 1. The summed E-state index contributed by atoms with van der Waals surface area (Å²) < 4.78 is 57.7. The van der Waals surface area contributed by atoms with E-state index in [1.165, 1.54) is 75.3 Å². The van der Waals surface area contributed by atoms with E-state index in [9.17, 15) is 95.8 Å². The Morgan fingerprint density at radius 3 is 1.56 bits per heavy atom. The Morgan fingerprint density at radius 1 is 0.457 bits per heavy atom. The summed E-state index contributed by atoms with van der Waals surface area (Å²) in [5, 5.41) is 191. The number of ether oxygens (including phenoxy) is 9. The smallest absolute Gasteiger partial charge is 0.330 e. The summed E-state index contributed by atoms with van der Waals surface area (Å²) in [7, 11) is 0. The Hall–Kier alpha value is -12.1. The maximum Gasteiger partial charge on any atom is 0.330 e. The normalized spacial score (nSPS) is 27.9. The number of halogens is 2. The maximum absolute atomic E-state index is 17.1. The number of aliphatic hydroxyl groups is 10. The zero-order valence-electron chi connectivity index (χ0n) is 75.8. The van der Waals surface area contributed by atoms with Gasteiger partial charge in [0.25, 0.3) is 0 Å². The van der Waals surface area contributed by atoms with Crippen LogP contribution in [0.15, 0.2) is 115 Å². The number of fused-ring (bicyclic) bond motifs is 14. The van der Waals surface area contributed by atoms with Crippen molar-refractivity contribution < 1.29 is 162 Å². The lowest BCUT2D eigenvalue weighted by atomic mass is 9.89. The van der Waals surface area contributed by atoms with E-state index in [2.05, 4.69) is 49.5 Å². The van der Waals surface area contributed by atoms with Crippen LogP contribution in [0.2, 0.25) is 10.0 Å². The van der Waals surface area contributed by atoms with Gasteiger partial charge in [-0.25, -0.2) is 4.79 Å². The summed E-state index contributed by atoms with van der Waals surface area (Å²) in [6, 6.07) is 0.784. The van der Waals surface area contributed by atoms with Crippen molar-refractivity contribution in [3.05, 3.63) is 164 Å². The molecular weight excluding hydrogens is 1880 g/mol. The van der Waals surface area contributed by atoms with Gasteiger partial charge >= 0.3 is 5.97 Å². The van der Waals surface area contributed by atoms with Crippen molar-refractivity contribution in [3.8, 4) is 80.1 Å². The summed E-state index contributed by atoms with van der Waals surface area (Å²) in [6.07, 6.45) is -13.9. The molecule has 3 fully saturated rings. The molecule has 44 heteroatoms. The van der Waals surface area contributed by atoms with Gasteiger partial charge < -0.3 is 167 Å². The van der Waals surface area contributed by atoms with Gasteiger partial charge in [-0.2, -0.15) is 0 Å². The lowest BCUT2D eigenvalue weighted by Gasteiger charge is -2.44. The van der Waals surface area contributed by atoms with Gasteiger partial charge in [0.05, 0.1) is 29.9 Å². The summed E-state index contributed by atoms with van der Waals surface area (Å²) in [5.74, 6) is -19.5. The van der Waals surface area contributed by atoms with E-state index in [4.69, 9.17) is 71.6 Å². The Morgan fingerprint density at radius 2 is 0.971 bits per heavy atom.